The standard InChI is InChI=1S/C65H44/c1-5-49-13-9-17-57(45-49)25-21-53-29-37-61(38-30-53)65(62-39-31-54(32-40-62)22-26-58-18-10-14-50(6-2)46-58,63-41-33-55(34-42-63)23-27-59-19-11-15-51(7-3)47-59)64-43-35-56(36-44-64)24-28-60-20-12-16-52(8-4)48-60/h1-4,9-48H. The fourth-order valence-corrected chi connectivity index (χ4v) is 8.08. The van der Waals surface area contributed by atoms with Crippen molar-refractivity contribution in [1.82, 2.24) is 0 Å². The minimum absolute atomic E-state index is 0.709. The third kappa shape index (κ3) is 10.2. The highest BCUT2D eigenvalue weighted by molar-refractivity contribution is 5.75. The van der Waals surface area contributed by atoms with E-state index in [1.54, 1.807) is 0 Å². The molecule has 8 rings (SSSR count). The molecular formula is C65H44. The first kappa shape index (κ1) is 42.6. The molecule has 8 aromatic carbocycles. The van der Waals surface area contributed by atoms with Crippen LogP contribution in [0, 0.1) is 49.4 Å². The lowest BCUT2D eigenvalue weighted by Gasteiger charge is -2.37. The molecule has 304 valence electrons. The van der Waals surface area contributed by atoms with E-state index < -0.39 is 5.41 Å². The Labute approximate surface area is 384 Å². The monoisotopic (exact) mass is 824 g/mol. The molecule has 0 amide bonds. The van der Waals surface area contributed by atoms with Crippen molar-refractivity contribution in [2.24, 2.45) is 0 Å². The molecule has 0 heterocycles. The zero-order valence-corrected chi connectivity index (χ0v) is 35.9. The molecule has 0 bridgehead atoms. The van der Waals surface area contributed by atoms with Crippen LogP contribution in [0.4, 0.5) is 0 Å². The lowest BCUT2D eigenvalue weighted by molar-refractivity contribution is 0.744. The lowest BCUT2D eigenvalue weighted by atomic mass is 9.64. The van der Waals surface area contributed by atoms with Gasteiger partial charge in [0.2, 0.25) is 0 Å². The maximum absolute atomic E-state index is 5.70. The Morgan fingerprint density at radius 1 is 0.246 bits per heavy atom. The van der Waals surface area contributed by atoms with E-state index >= 15 is 0 Å². The Morgan fingerprint density at radius 3 is 0.646 bits per heavy atom. The Kier molecular flexibility index (Phi) is 13.3. The van der Waals surface area contributed by atoms with Gasteiger partial charge in [-0.05, 0) is 115 Å². The molecule has 0 saturated carbocycles. The molecular weight excluding hydrogens is 781 g/mol. The maximum atomic E-state index is 5.70. The molecule has 8 aromatic rings. The van der Waals surface area contributed by atoms with E-state index in [4.69, 9.17) is 25.7 Å². The normalized spacial score (nSPS) is 12.1. The number of benzene rings is 8. The fourth-order valence-electron chi connectivity index (χ4n) is 8.08. The first-order valence-electron chi connectivity index (χ1n) is 21.4. The quantitative estimate of drug-likeness (QED) is 0.0654. The molecule has 0 nitrogen and oxygen atoms in total. The Bertz CT molecular complexity index is 2790. The van der Waals surface area contributed by atoms with Crippen LogP contribution in [-0.4, -0.2) is 0 Å². The second-order valence-corrected chi connectivity index (χ2v) is 15.7. The summed E-state index contributed by atoms with van der Waals surface area (Å²) in [6.45, 7) is 0. The zero-order chi connectivity index (χ0) is 44.9. The largest absolute Gasteiger partial charge is 0.115 e. The predicted octanol–water partition coefficient (Wildman–Crippen LogP) is 14.7. The van der Waals surface area contributed by atoms with Crippen LogP contribution >= 0.6 is 0 Å². The van der Waals surface area contributed by atoms with Crippen LogP contribution in [-0.2, 0) is 5.41 Å². The van der Waals surface area contributed by atoms with Crippen molar-refractivity contribution in [3.63, 3.8) is 0 Å². The molecule has 0 N–H and O–H groups in total. The number of hydrogen-bond acceptors (Lipinski definition) is 0. The van der Waals surface area contributed by atoms with Gasteiger partial charge in [0.1, 0.15) is 0 Å². The minimum atomic E-state index is -0.709. The van der Waals surface area contributed by atoms with Crippen molar-refractivity contribution in [2.75, 3.05) is 0 Å². The second kappa shape index (κ2) is 20.2. The van der Waals surface area contributed by atoms with E-state index in [1.165, 1.54) is 0 Å². The predicted molar refractivity (Wildman–Crippen MR) is 278 cm³/mol. The van der Waals surface area contributed by atoms with Gasteiger partial charge in [-0.1, -0.05) is 218 Å². The van der Waals surface area contributed by atoms with E-state index in [2.05, 4.69) is 194 Å². The molecule has 0 atom stereocenters. The highest BCUT2D eigenvalue weighted by Gasteiger charge is 2.38. The van der Waals surface area contributed by atoms with E-state index in [0.717, 1.165) is 89.0 Å². The highest BCUT2D eigenvalue weighted by atomic mass is 14.4. The lowest BCUT2D eigenvalue weighted by Crippen LogP contribution is -2.31. The molecule has 0 aromatic heterocycles. The van der Waals surface area contributed by atoms with Crippen molar-refractivity contribution in [3.05, 3.63) is 283 Å². The third-order valence-corrected chi connectivity index (χ3v) is 11.5. The summed E-state index contributed by atoms with van der Waals surface area (Å²) in [4.78, 5) is 0. The van der Waals surface area contributed by atoms with Gasteiger partial charge in [-0.15, -0.1) is 25.7 Å². The van der Waals surface area contributed by atoms with Gasteiger partial charge in [0, 0.05) is 22.3 Å². The Balaban J connectivity index is 1.25. The molecule has 0 aliphatic heterocycles. The topological polar surface area (TPSA) is 0 Å². The van der Waals surface area contributed by atoms with Crippen molar-refractivity contribution in [1.29, 1.82) is 0 Å². The highest BCUT2D eigenvalue weighted by Crippen LogP contribution is 2.46. The van der Waals surface area contributed by atoms with Gasteiger partial charge in [0.15, 0.2) is 0 Å². The average molecular weight is 825 g/mol. The van der Waals surface area contributed by atoms with Gasteiger partial charge in [-0.25, -0.2) is 0 Å². The fraction of sp³-hybridized carbons (Fsp3) is 0.0154. The molecule has 0 aliphatic carbocycles. The summed E-state index contributed by atoms with van der Waals surface area (Å²) in [7, 11) is 0. The van der Waals surface area contributed by atoms with E-state index in [9.17, 15) is 0 Å². The van der Waals surface area contributed by atoms with Crippen LogP contribution in [0.3, 0.4) is 0 Å². The van der Waals surface area contributed by atoms with Crippen molar-refractivity contribution >= 4 is 48.6 Å². The van der Waals surface area contributed by atoms with Crippen LogP contribution in [0.25, 0.3) is 48.6 Å². The van der Waals surface area contributed by atoms with Gasteiger partial charge >= 0.3 is 0 Å². The van der Waals surface area contributed by atoms with Crippen LogP contribution in [0.15, 0.2) is 194 Å². The van der Waals surface area contributed by atoms with E-state index in [-0.39, 0.29) is 0 Å². The van der Waals surface area contributed by atoms with Gasteiger partial charge in [0.05, 0.1) is 5.41 Å². The van der Waals surface area contributed by atoms with E-state index in [0.29, 0.717) is 0 Å². The summed E-state index contributed by atoms with van der Waals surface area (Å²) < 4.78 is 0. The number of rotatable bonds is 12. The van der Waals surface area contributed by atoms with Crippen LogP contribution in [0.5, 0.6) is 0 Å². The van der Waals surface area contributed by atoms with Crippen molar-refractivity contribution < 1.29 is 0 Å². The maximum Gasteiger partial charge on any atom is 0.0701 e. The summed E-state index contributed by atoms with van der Waals surface area (Å²) >= 11 is 0. The average Bonchev–Trinajstić information content (AvgIpc) is 3.38. The molecule has 0 aliphatic rings. The second-order valence-electron chi connectivity index (χ2n) is 15.7. The van der Waals surface area contributed by atoms with Crippen LogP contribution < -0.4 is 0 Å². The van der Waals surface area contributed by atoms with Gasteiger partial charge in [-0.2, -0.15) is 0 Å². The first-order valence-corrected chi connectivity index (χ1v) is 21.4. The summed E-state index contributed by atoms with van der Waals surface area (Å²) in [5, 5.41) is 0. The summed E-state index contributed by atoms with van der Waals surface area (Å²) in [6.07, 6.45) is 39.7. The minimum Gasteiger partial charge on any atom is -0.115 e. The molecule has 0 radical (unpaired) electrons. The van der Waals surface area contributed by atoms with Crippen LogP contribution in [0.2, 0.25) is 0 Å². The van der Waals surface area contributed by atoms with Crippen LogP contribution in [0.1, 0.15) is 89.0 Å². The first-order chi connectivity index (χ1) is 31.9. The molecule has 65 heavy (non-hydrogen) atoms. The molecule has 0 spiro atoms. The SMILES string of the molecule is C#Cc1cccc(C=Cc2ccc(C(c3ccc(C=Cc4cccc(C#C)c4)cc3)(c3ccc(C=Cc4cccc(C#C)c4)cc3)c3ccc(C=Cc4cccc(C#C)c4)cc3)cc2)c1. The number of terminal acetylenes is 4. The molecule has 0 unspecified atom stereocenters. The van der Waals surface area contributed by atoms with Gasteiger partial charge in [-0.3, -0.25) is 0 Å². The molecule has 0 heteroatoms. The zero-order valence-electron chi connectivity index (χ0n) is 35.9. The Morgan fingerprint density at radius 2 is 0.446 bits per heavy atom. The van der Waals surface area contributed by atoms with Crippen molar-refractivity contribution in [2.45, 2.75) is 5.41 Å². The van der Waals surface area contributed by atoms with Crippen molar-refractivity contribution in [3.8, 4) is 49.4 Å². The molecule has 0 fully saturated rings. The smallest absolute Gasteiger partial charge is 0.0701 e. The summed E-state index contributed by atoms with van der Waals surface area (Å²) in [5.41, 5.74) is 15.7. The molecule has 0 saturated heterocycles. The van der Waals surface area contributed by atoms with E-state index in [1.807, 2.05) is 72.8 Å². The summed E-state index contributed by atoms with van der Waals surface area (Å²) in [5.74, 6) is 11.0. The summed E-state index contributed by atoms with van der Waals surface area (Å²) in [6, 6.07) is 67.6. The Hall–Kier alpha value is -9.04. The number of hydrogen-bond donors (Lipinski definition) is 0. The van der Waals surface area contributed by atoms with Gasteiger partial charge < -0.3 is 0 Å². The third-order valence-electron chi connectivity index (χ3n) is 11.5. The van der Waals surface area contributed by atoms with Gasteiger partial charge in [0.25, 0.3) is 0 Å².